The van der Waals surface area contributed by atoms with Crippen LogP contribution in [0.5, 0.6) is 11.8 Å². The number of nitro benzene ring substituents is 1. The highest BCUT2D eigenvalue weighted by molar-refractivity contribution is 5.97. The SMILES string of the molecule is O=[N+]([O-])c1ccc(-n2c(O)c3c(c2O)[C@@H]2C[C@H]3C[C@@H]2c2ccccc2)c2ccccc12. The predicted octanol–water partition coefficient (Wildman–Crippen LogP) is 5.71. The van der Waals surface area contributed by atoms with E-state index in [-0.39, 0.29) is 29.3 Å². The molecule has 1 aromatic heterocycles. The van der Waals surface area contributed by atoms with Crippen molar-refractivity contribution in [2.75, 3.05) is 0 Å². The average Bonchev–Trinajstić information content (AvgIpc) is 3.45. The van der Waals surface area contributed by atoms with Crippen LogP contribution < -0.4 is 0 Å². The van der Waals surface area contributed by atoms with Gasteiger partial charge in [-0.05, 0) is 48.3 Å². The molecular formula is C25H20N2O4. The third-order valence-corrected chi connectivity index (χ3v) is 7.08. The zero-order valence-corrected chi connectivity index (χ0v) is 16.6. The lowest BCUT2D eigenvalue weighted by atomic mass is 9.81. The van der Waals surface area contributed by atoms with E-state index in [2.05, 4.69) is 12.1 Å². The lowest BCUT2D eigenvalue weighted by molar-refractivity contribution is -0.383. The van der Waals surface area contributed by atoms with Crippen LogP contribution in [0.4, 0.5) is 5.69 Å². The van der Waals surface area contributed by atoms with Gasteiger partial charge in [0, 0.05) is 22.6 Å². The standard InChI is InChI=1S/C25H20N2O4/c28-24-22-15-12-18(14-6-2-1-3-7-14)19(13-15)23(22)25(29)26(24)20-10-11-21(27(30)31)17-9-5-4-8-16(17)20/h1-11,15,18-19,28-29H,12-13H2/t15-,18-,19-/m1/s1. The first-order valence-corrected chi connectivity index (χ1v) is 10.4. The summed E-state index contributed by atoms with van der Waals surface area (Å²) in [4.78, 5) is 11.1. The van der Waals surface area contributed by atoms with Gasteiger partial charge in [0.25, 0.3) is 5.69 Å². The Morgan fingerprint density at radius 2 is 1.45 bits per heavy atom. The molecule has 0 unspecified atom stereocenters. The van der Waals surface area contributed by atoms with E-state index in [9.17, 15) is 20.3 Å². The minimum Gasteiger partial charge on any atom is -0.494 e. The molecule has 1 saturated carbocycles. The largest absolute Gasteiger partial charge is 0.494 e. The summed E-state index contributed by atoms with van der Waals surface area (Å²) in [6.07, 6.45) is 1.87. The van der Waals surface area contributed by atoms with Crippen molar-refractivity contribution in [1.82, 2.24) is 4.57 Å². The monoisotopic (exact) mass is 412 g/mol. The fourth-order valence-corrected chi connectivity index (χ4v) is 5.86. The molecule has 6 heteroatoms. The fraction of sp³-hybridized carbons (Fsp3) is 0.200. The first-order chi connectivity index (χ1) is 15.1. The molecule has 2 N–H and O–H groups in total. The highest BCUT2D eigenvalue weighted by Gasteiger charge is 2.50. The number of nitrogens with zero attached hydrogens (tertiary/aromatic N) is 2. The molecule has 4 aromatic rings. The lowest BCUT2D eigenvalue weighted by Crippen LogP contribution is -2.07. The summed E-state index contributed by atoms with van der Waals surface area (Å²) in [6, 6.07) is 20.4. The second-order valence-corrected chi connectivity index (χ2v) is 8.51. The predicted molar refractivity (Wildman–Crippen MR) is 117 cm³/mol. The molecule has 3 atom stereocenters. The Morgan fingerprint density at radius 1 is 0.806 bits per heavy atom. The molecule has 0 spiro atoms. The van der Waals surface area contributed by atoms with Crippen LogP contribution >= 0.6 is 0 Å². The quantitative estimate of drug-likeness (QED) is 0.333. The van der Waals surface area contributed by atoms with Crippen LogP contribution in [0.1, 0.15) is 47.3 Å². The van der Waals surface area contributed by atoms with E-state index in [1.54, 1.807) is 30.3 Å². The molecule has 0 aliphatic heterocycles. The molecule has 2 bridgehead atoms. The van der Waals surface area contributed by atoms with E-state index in [0.29, 0.717) is 22.4 Å². The van der Waals surface area contributed by atoms with Crippen LogP contribution in [-0.4, -0.2) is 19.7 Å². The Balaban J connectivity index is 1.54. The van der Waals surface area contributed by atoms with Gasteiger partial charge in [-0.1, -0.05) is 48.5 Å². The molecule has 1 fully saturated rings. The first-order valence-electron chi connectivity index (χ1n) is 10.4. The van der Waals surface area contributed by atoms with Gasteiger partial charge >= 0.3 is 0 Å². The van der Waals surface area contributed by atoms with E-state index in [1.807, 2.05) is 18.2 Å². The molecule has 3 aromatic carbocycles. The molecule has 154 valence electrons. The topological polar surface area (TPSA) is 88.5 Å². The van der Waals surface area contributed by atoms with Gasteiger partial charge in [0.15, 0.2) is 0 Å². The summed E-state index contributed by atoms with van der Waals surface area (Å²) in [5, 5.41) is 35.0. The van der Waals surface area contributed by atoms with Gasteiger partial charge < -0.3 is 10.2 Å². The van der Waals surface area contributed by atoms with Gasteiger partial charge in [-0.3, -0.25) is 14.7 Å². The van der Waals surface area contributed by atoms with Crippen LogP contribution in [0.2, 0.25) is 0 Å². The number of aromatic nitrogens is 1. The highest BCUT2D eigenvalue weighted by Crippen LogP contribution is 2.65. The number of benzene rings is 3. The van der Waals surface area contributed by atoms with Crippen molar-refractivity contribution in [3.8, 4) is 17.4 Å². The second-order valence-electron chi connectivity index (χ2n) is 8.51. The Kier molecular flexibility index (Phi) is 3.69. The minimum absolute atomic E-state index is 0.00207. The number of aromatic hydroxyl groups is 2. The summed E-state index contributed by atoms with van der Waals surface area (Å²) in [7, 11) is 0. The number of hydrogen-bond acceptors (Lipinski definition) is 4. The Labute approximate surface area is 178 Å². The number of rotatable bonds is 3. The Morgan fingerprint density at radius 3 is 2.19 bits per heavy atom. The molecule has 0 saturated heterocycles. The third-order valence-electron chi connectivity index (χ3n) is 7.08. The third kappa shape index (κ3) is 2.39. The van der Waals surface area contributed by atoms with Crippen LogP contribution in [0.15, 0.2) is 66.7 Å². The average molecular weight is 412 g/mol. The van der Waals surface area contributed by atoms with Crippen LogP contribution in [0.3, 0.4) is 0 Å². The number of fused-ring (bicyclic) bond motifs is 6. The highest BCUT2D eigenvalue weighted by atomic mass is 16.6. The molecule has 31 heavy (non-hydrogen) atoms. The van der Waals surface area contributed by atoms with Gasteiger partial charge in [0.05, 0.1) is 16.0 Å². The molecule has 2 aliphatic carbocycles. The fourth-order valence-electron chi connectivity index (χ4n) is 5.86. The van der Waals surface area contributed by atoms with E-state index in [0.717, 1.165) is 24.0 Å². The van der Waals surface area contributed by atoms with E-state index in [4.69, 9.17) is 0 Å². The van der Waals surface area contributed by atoms with Crippen molar-refractivity contribution < 1.29 is 15.1 Å². The minimum atomic E-state index is -0.411. The number of nitro groups is 1. The zero-order chi connectivity index (χ0) is 21.3. The van der Waals surface area contributed by atoms with E-state index >= 15 is 0 Å². The molecule has 6 nitrogen and oxygen atoms in total. The maximum Gasteiger partial charge on any atom is 0.277 e. The van der Waals surface area contributed by atoms with Gasteiger partial charge in [-0.25, -0.2) is 0 Å². The summed E-state index contributed by atoms with van der Waals surface area (Å²) >= 11 is 0. The molecule has 2 aliphatic rings. The molecule has 0 amide bonds. The zero-order valence-electron chi connectivity index (χ0n) is 16.6. The van der Waals surface area contributed by atoms with E-state index in [1.165, 1.54) is 16.2 Å². The van der Waals surface area contributed by atoms with Crippen LogP contribution in [-0.2, 0) is 0 Å². The Bertz CT molecular complexity index is 1360. The normalized spacial score (nSPS) is 21.5. The van der Waals surface area contributed by atoms with Crippen molar-refractivity contribution in [3.05, 3.63) is 93.5 Å². The van der Waals surface area contributed by atoms with Gasteiger partial charge in [-0.15, -0.1) is 0 Å². The summed E-state index contributed by atoms with van der Waals surface area (Å²) in [6.45, 7) is 0. The van der Waals surface area contributed by atoms with Crippen molar-refractivity contribution in [2.24, 2.45) is 0 Å². The van der Waals surface area contributed by atoms with Crippen LogP contribution in [0, 0.1) is 10.1 Å². The van der Waals surface area contributed by atoms with Gasteiger partial charge in [0.2, 0.25) is 11.8 Å². The molecular weight excluding hydrogens is 392 g/mol. The van der Waals surface area contributed by atoms with Crippen molar-refractivity contribution >= 4 is 16.5 Å². The summed E-state index contributed by atoms with van der Waals surface area (Å²) < 4.78 is 1.46. The maximum atomic E-state index is 11.5. The molecule has 6 rings (SSSR count). The van der Waals surface area contributed by atoms with Crippen LogP contribution in [0.25, 0.3) is 16.5 Å². The van der Waals surface area contributed by atoms with Gasteiger partial charge in [0.1, 0.15) is 0 Å². The first kappa shape index (κ1) is 18.0. The van der Waals surface area contributed by atoms with E-state index < -0.39 is 4.92 Å². The molecule has 0 radical (unpaired) electrons. The number of hydrogen-bond donors (Lipinski definition) is 2. The summed E-state index contributed by atoms with van der Waals surface area (Å²) in [5.74, 6) is 0.749. The second kappa shape index (κ2) is 6.35. The van der Waals surface area contributed by atoms with Crippen molar-refractivity contribution in [3.63, 3.8) is 0 Å². The van der Waals surface area contributed by atoms with Gasteiger partial charge in [-0.2, -0.15) is 0 Å². The number of non-ortho nitro benzene ring substituents is 1. The van der Waals surface area contributed by atoms with Crippen molar-refractivity contribution in [1.29, 1.82) is 0 Å². The molecule has 1 heterocycles. The van der Waals surface area contributed by atoms with Crippen molar-refractivity contribution in [2.45, 2.75) is 30.6 Å². The Hall–Kier alpha value is -3.80. The summed E-state index contributed by atoms with van der Waals surface area (Å²) in [5.41, 5.74) is 3.46. The maximum absolute atomic E-state index is 11.5. The smallest absolute Gasteiger partial charge is 0.277 e. The lowest BCUT2D eigenvalue weighted by Gasteiger charge is -2.22.